The molecule has 1 aromatic carbocycles. The van der Waals surface area contributed by atoms with Crippen molar-refractivity contribution < 1.29 is 29.0 Å². The van der Waals surface area contributed by atoms with Gasteiger partial charge in [0.2, 0.25) is 5.91 Å². The first-order chi connectivity index (χ1) is 19.9. The summed E-state index contributed by atoms with van der Waals surface area (Å²) in [6, 6.07) is 6.91. The molecule has 2 bridgehead atoms. The van der Waals surface area contributed by atoms with E-state index in [2.05, 4.69) is 31.9 Å². The molecular formula is C32H45N3O6. The number of hydrogen-bond donors (Lipinski definition) is 1. The van der Waals surface area contributed by atoms with Gasteiger partial charge >= 0.3 is 5.97 Å². The lowest BCUT2D eigenvalue weighted by atomic mass is 9.70. The Morgan fingerprint density at radius 2 is 1.83 bits per heavy atom. The Labute approximate surface area is 243 Å². The smallest absolute Gasteiger partial charge is 0.312 e. The van der Waals surface area contributed by atoms with Crippen molar-refractivity contribution in [1.29, 1.82) is 0 Å². The molecule has 2 amide bonds. The van der Waals surface area contributed by atoms with Gasteiger partial charge in [-0.2, -0.15) is 0 Å². The van der Waals surface area contributed by atoms with Crippen molar-refractivity contribution in [2.24, 2.45) is 11.8 Å². The van der Waals surface area contributed by atoms with Gasteiger partial charge in [0.15, 0.2) is 0 Å². The summed E-state index contributed by atoms with van der Waals surface area (Å²) < 4.78 is 12.1. The Kier molecular flexibility index (Phi) is 10.3. The van der Waals surface area contributed by atoms with Crippen molar-refractivity contribution in [3.05, 3.63) is 49.6 Å². The van der Waals surface area contributed by atoms with Gasteiger partial charge in [-0.15, -0.1) is 13.2 Å². The highest BCUT2D eigenvalue weighted by Gasteiger charge is 2.75. The summed E-state index contributed by atoms with van der Waals surface area (Å²) >= 11 is 0. The monoisotopic (exact) mass is 567 g/mol. The number of ether oxygens (including phenoxy) is 2. The third-order valence-electron chi connectivity index (χ3n) is 8.78. The number of unbranched alkanes of at least 4 members (excludes halogenated alkanes) is 2. The van der Waals surface area contributed by atoms with Crippen molar-refractivity contribution in [1.82, 2.24) is 4.90 Å². The number of amides is 2. The van der Waals surface area contributed by atoms with E-state index in [1.807, 2.05) is 30.3 Å². The highest BCUT2D eigenvalue weighted by molar-refractivity contribution is 6.04. The summed E-state index contributed by atoms with van der Waals surface area (Å²) in [4.78, 5) is 47.1. The Hall–Kier alpha value is -3.17. The molecule has 9 heteroatoms. The number of hydrogen-bond acceptors (Lipinski definition) is 7. The maximum atomic E-state index is 14.5. The molecule has 3 aliphatic heterocycles. The fourth-order valence-electron chi connectivity index (χ4n) is 6.87. The van der Waals surface area contributed by atoms with E-state index in [0.29, 0.717) is 31.4 Å². The van der Waals surface area contributed by atoms with E-state index in [0.717, 1.165) is 31.6 Å². The number of rotatable bonds is 16. The molecule has 0 radical (unpaired) electrons. The Bertz CT molecular complexity index is 1100. The zero-order chi connectivity index (χ0) is 29.6. The van der Waals surface area contributed by atoms with Gasteiger partial charge in [-0.1, -0.05) is 12.2 Å². The number of carbonyl (C=O) groups excluding carboxylic acids is 3. The van der Waals surface area contributed by atoms with Crippen molar-refractivity contribution in [2.75, 3.05) is 49.2 Å². The molecule has 3 saturated heterocycles. The average molecular weight is 568 g/mol. The topological polar surface area (TPSA) is 99.6 Å². The van der Waals surface area contributed by atoms with Gasteiger partial charge in [-0.05, 0) is 76.6 Å². The number of allylic oxidation sites excluding steroid dienone is 1. The van der Waals surface area contributed by atoms with Crippen LogP contribution in [0.4, 0.5) is 11.4 Å². The largest absolute Gasteiger partial charge is 0.465 e. The molecule has 9 nitrogen and oxygen atoms in total. The van der Waals surface area contributed by atoms with E-state index in [-0.39, 0.29) is 38.1 Å². The second-order valence-corrected chi connectivity index (χ2v) is 11.0. The second-order valence-electron chi connectivity index (χ2n) is 11.0. The molecular weight excluding hydrogens is 522 g/mol. The molecule has 1 aromatic rings. The third-order valence-corrected chi connectivity index (χ3v) is 8.78. The summed E-state index contributed by atoms with van der Waals surface area (Å²) in [5.41, 5.74) is 0.650. The van der Waals surface area contributed by atoms with Gasteiger partial charge in [-0.25, -0.2) is 0 Å². The number of aliphatic hydroxyl groups excluding tert-OH is 1. The highest BCUT2D eigenvalue weighted by atomic mass is 16.6. The number of nitrogens with zero attached hydrogens (tertiary/aromatic N) is 3. The maximum absolute atomic E-state index is 14.5. The number of anilines is 2. The van der Waals surface area contributed by atoms with E-state index >= 15 is 0 Å². The lowest BCUT2D eigenvalue weighted by Gasteiger charge is -2.37. The number of esters is 1. The van der Waals surface area contributed by atoms with Crippen LogP contribution < -0.4 is 9.80 Å². The Morgan fingerprint density at radius 1 is 1.12 bits per heavy atom. The number of benzene rings is 1. The zero-order valence-electron chi connectivity index (χ0n) is 24.5. The van der Waals surface area contributed by atoms with Crippen LogP contribution in [0.15, 0.2) is 49.6 Å². The first-order valence-corrected chi connectivity index (χ1v) is 15.0. The normalized spacial score (nSPS) is 26.1. The average Bonchev–Trinajstić information content (AvgIpc) is 3.62. The van der Waals surface area contributed by atoms with Crippen molar-refractivity contribution in [3.63, 3.8) is 0 Å². The van der Waals surface area contributed by atoms with Gasteiger partial charge < -0.3 is 29.3 Å². The maximum Gasteiger partial charge on any atom is 0.312 e. The summed E-state index contributed by atoms with van der Waals surface area (Å²) in [6.07, 6.45) is 6.88. The van der Waals surface area contributed by atoms with Gasteiger partial charge in [0.1, 0.15) is 11.6 Å². The van der Waals surface area contributed by atoms with Crippen LogP contribution in [0, 0.1) is 11.8 Å². The molecule has 1 N–H and O–H groups in total. The summed E-state index contributed by atoms with van der Waals surface area (Å²) in [6.45, 7) is 14.1. The number of fused-ring (bicyclic) bond motifs is 1. The van der Waals surface area contributed by atoms with E-state index in [1.54, 1.807) is 11.0 Å². The van der Waals surface area contributed by atoms with Crippen molar-refractivity contribution >= 4 is 29.2 Å². The third kappa shape index (κ3) is 5.79. The summed E-state index contributed by atoms with van der Waals surface area (Å²) in [5.74, 6) is -2.51. The molecule has 0 aliphatic carbocycles. The van der Waals surface area contributed by atoms with E-state index in [9.17, 15) is 19.5 Å². The predicted molar refractivity (Wildman–Crippen MR) is 159 cm³/mol. The van der Waals surface area contributed by atoms with Crippen LogP contribution in [-0.4, -0.2) is 84.9 Å². The van der Waals surface area contributed by atoms with Gasteiger partial charge in [0, 0.05) is 44.2 Å². The van der Waals surface area contributed by atoms with Crippen molar-refractivity contribution in [3.8, 4) is 0 Å². The predicted octanol–water partition coefficient (Wildman–Crippen LogP) is 3.71. The van der Waals surface area contributed by atoms with Gasteiger partial charge in [-0.3, -0.25) is 14.4 Å². The molecule has 3 heterocycles. The van der Waals surface area contributed by atoms with Crippen LogP contribution in [0.3, 0.4) is 0 Å². The lowest BCUT2D eigenvalue weighted by Crippen LogP contribution is -2.56. The highest BCUT2D eigenvalue weighted by Crippen LogP contribution is 2.59. The van der Waals surface area contributed by atoms with Crippen LogP contribution in [0.25, 0.3) is 0 Å². The standard InChI is InChI=1S/C32H45N3O6/c1-5-9-10-11-22-40-31(39)26-25-17-18-32(41-25)27(26)29(37)35(20-12-21-36)28(32)30(38)34(19-6-2)24-15-13-23(14-16-24)33(7-3)8-4/h5-6,13-16,25-28,36H,1-2,7-12,17-22H2,3-4H3/t25-,26+,27-,28?,32?/m0/s1. The fourth-order valence-corrected chi connectivity index (χ4v) is 6.87. The summed E-state index contributed by atoms with van der Waals surface area (Å²) in [5, 5.41) is 9.59. The minimum Gasteiger partial charge on any atom is -0.465 e. The molecule has 4 rings (SSSR count). The lowest BCUT2D eigenvalue weighted by molar-refractivity contribution is -0.155. The van der Waals surface area contributed by atoms with E-state index in [4.69, 9.17) is 9.47 Å². The molecule has 2 unspecified atom stereocenters. The molecule has 3 aliphatic rings. The van der Waals surface area contributed by atoms with Crippen LogP contribution in [0.1, 0.15) is 52.4 Å². The van der Waals surface area contributed by atoms with E-state index < -0.39 is 35.6 Å². The van der Waals surface area contributed by atoms with Gasteiger partial charge in [0.05, 0.1) is 24.5 Å². The first-order valence-electron chi connectivity index (χ1n) is 15.0. The first kappa shape index (κ1) is 30.8. The Morgan fingerprint density at radius 3 is 2.46 bits per heavy atom. The number of carbonyl (C=O) groups is 3. The molecule has 0 aromatic heterocycles. The Balaban J connectivity index is 1.63. The fraction of sp³-hybridized carbons (Fsp3) is 0.594. The van der Waals surface area contributed by atoms with Crippen LogP contribution in [-0.2, 0) is 23.9 Å². The van der Waals surface area contributed by atoms with Crippen molar-refractivity contribution in [2.45, 2.75) is 70.1 Å². The van der Waals surface area contributed by atoms with Gasteiger partial charge in [0.25, 0.3) is 5.91 Å². The quantitative estimate of drug-likeness (QED) is 0.185. The number of aliphatic hydroxyl groups is 1. The summed E-state index contributed by atoms with van der Waals surface area (Å²) in [7, 11) is 0. The minimum atomic E-state index is -1.11. The molecule has 1 spiro atoms. The van der Waals surface area contributed by atoms with Crippen LogP contribution in [0.2, 0.25) is 0 Å². The SMILES string of the molecule is C=CCCCCOC(=O)[C@@H]1[C@@H]2CCC3(O2)C(C(=O)N(CC=C)c2ccc(N(CC)CC)cc2)N(CCCO)C(=O)[C@H]13. The van der Waals surface area contributed by atoms with Crippen LogP contribution in [0.5, 0.6) is 0 Å². The zero-order valence-corrected chi connectivity index (χ0v) is 24.5. The molecule has 5 atom stereocenters. The second kappa shape index (κ2) is 13.7. The molecule has 3 fully saturated rings. The molecule has 0 saturated carbocycles. The van der Waals surface area contributed by atoms with Crippen LogP contribution >= 0.6 is 0 Å². The number of likely N-dealkylation sites (tertiary alicyclic amines) is 1. The molecule has 224 valence electrons. The minimum absolute atomic E-state index is 0.120. The molecule has 41 heavy (non-hydrogen) atoms. The van der Waals surface area contributed by atoms with E-state index in [1.165, 1.54) is 4.90 Å².